The first-order valence-electron chi connectivity index (χ1n) is 7.24. The third kappa shape index (κ3) is 4.26. The quantitative estimate of drug-likeness (QED) is 0.526. The lowest BCUT2D eigenvalue weighted by molar-refractivity contribution is -0.143. The second-order valence-corrected chi connectivity index (χ2v) is 7.56. The minimum atomic E-state index is -4.90. The molecule has 4 nitrogen and oxygen atoms in total. The van der Waals surface area contributed by atoms with Crippen molar-refractivity contribution in [1.29, 1.82) is 0 Å². The molecule has 0 fully saturated rings. The highest BCUT2D eigenvalue weighted by molar-refractivity contribution is 8.00. The molecule has 0 aliphatic carbocycles. The van der Waals surface area contributed by atoms with Crippen molar-refractivity contribution in [3.8, 4) is 11.3 Å². The zero-order chi connectivity index (χ0) is 20.0. The van der Waals surface area contributed by atoms with Crippen molar-refractivity contribution in [2.45, 2.75) is 28.8 Å². The Balaban J connectivity index is 1.99. The van der Waals surface area contributed by atoms with E-state index in [0.717, 1.165) is 23.1 Å². The molecule has 0 unspecified atom stereocenters. The maximum absolute atomic E-state index is 13.0. The van der Waals surface area contributed by atoms with Gasteiger partial charge >= 0.3 is 12.4 Å². The smallest absolute Gasteiger partial charge is 0.309 e. The van der Waals surface area contributed by atoms with Gasteiger partial charge in [-0.05, 0) is 36.9 Å². The Hall–Kier alpha value is -2.08. The summed E-state index contributed by atoms with van der Waals surface area (Å²) in [4.78, 5) is 4.14. The van der Waals surface area contributed by atoms with Gasteiger partial charge in [-0.15, -0.1) is 21.5 Å². The van der Waals surface area contributed by atoms with E-state index in [9.17, 15) is 26.3 Å². The van der Waals surface area contributed by atoms with Crippen LogP contribution in [0.1, 0.15) is 17.0 Å². The number of alkyl halides is 6. The molecule has 0 saturated heterocycles. The minimum Gasteiger partial charge on any atom is -0.309 e. The fourth-order valence-electron chi connectivity index (χ4n) is 2.09. The van der Waals surface area contributed by atoms with Crippen LogP contribution in [0.4, 0.5) is 26.3 Å². The lowest BCUT2D eigenvalue weighted by Gasteiger charge is -2.13. The van der Waals surface area contributed by atoms with Crippen LogP contribution in [0.15, 0.2) is 33.1 Å². The number of hydrogen-bond acceptors (Lipinski definition) is 5. The van der Waals surface area contributed by atoms with Gasteiger partial charge in [0.05, 0.1) is 16.8 Å². The summed E-state index contributed by atoms with van der Waals surface area (Å²) in [6, 6.07) is 1.41. The van der Waals surface area contributed by atoms with Crippen LogP contribution in [-0.2, 0) is 19.4 Å². The predicted octanol–water partition coefficient (Wildman–Crippen LogP) is 5.44. The highest BCUT2D eigenvalue weighted by Gasteiger charge is 2.37. The average molecular weight is 424 g/mol. The summed E-state index contributed by atoms with van der Waals surface area (Å²) in [6.45, 7) is 1.74. The number of nitrogens with zero attached hydrogens (tertiary/aromatic N) is 4. The third-order valence-electron chi connectivity index (χ3n) is 3.60. The molecule has 12 heteroatoms. The molecule has 0 N–H and O–H groups in total. The van der Waals surface area contributed by atoms with E-state index < -0.39 is 23.5 Å². The lowest BCUT2D eigenvalue weighted by Crippen LogP contribution is -2.11. The number of hydrogen-bond donors (Lipinski definition) is 0. The molecule has 0 spiro atoms. The third-order valence-corrected chi connectivity index (χ3v) is 5.57. The van der Waals surface area contributed by atoms with E-state index in [-0.39, 0.29) is 17.3 Å². The van der Waals surface area contributed by atoms with Gasteiger partial charge in [-0.25, -0.2) is 4.98 Å². The number of benzene rings is 1. The summed E-state index contributed by atoms with van der Waals surface area (Å²) in [5.74, 6) is 0.655. The Labute approximate surface area is 157 Å². The molecule has 3 rings (SSSR count). The van der Waals surface area contributed by atoms with Crippen LogP contribution < -0.4 is 0 Å². The molecule has 0 bridgehead atoms. The van der Waals surface area contributed by atoms with Crippen molar-refractivity contribution in [2.75, 3.05) is 0 Å². The molecule has 3 aromatic rings. The molecule has 0 amide bonds. The maximum atomic E-state index is 13.0. The van der Waals surface area contributed by atoms with Crippen molar-refractivity contribution < 1.29 is 26.3 Å². The molecule has 144 valence electrons. The summed E-state index contributed by atoms with van der Waals surface area (Å²) in [5.41, 5.74) is -2.98. The molecule has 2 heterocycles. The van der Waals surface area contributed by atoms with Crippen LogP contribution >= 0.6 is 23.1 Å². The van der Waals surface area contributed by atoms with Crippen LogP contribution in [0.2, 0.25) is 0 Å². The van der Waals surface area contributed by atoms with Gasteiger partial charge in [0.15, 0.2) is 9.50 Å². The molecule has 0 saturated carbocycles. The minimum absolute atomic E-state index is 0.0259. The topological polar surface area (TPSA) is 43.6 Å². The van der Waals surface area contributed by atoms with E-state index in [1.54, 1.807) is 18.5 Å². The molecule has 0 radical (unpaired) electrons. The second-order valence-electron chi connectivity index (χ2n) is 5.48. The van der Waals surface area contributed by atoms with Gasteiger partial charge in [-0.1, -0.05) is 0 Å². The summed E-state index contributed by atoms with van der Waals surface area (Å²) < 4.78 is 80.0. The number of thiazole rings is 1. The van der Waals surface area contributed by atoms with E-state index in [2.05, 4.69) is 15.2 Å². The predicted molar refractivity (Wildman–Crippen MR) is 87.4 cm³/mol. The number of halogens is 6. The molecule has 0 aliphatic heterocycles. The van der Waals surface area contributed by atoms with Crippen molar-refractivity contribution in [2.24, 2.45) is 7.05 Å². The van der Waals surface area contributed by atoms with Gasteiger partial charge in [0.1, 0.15) is 5.82 Å². The van der Waals surface area contributed by atoms with Crippen LogP contribution in [0.3, 0.4) is 0 Å². The fourth-order valence-corrected chi connectivity index (χ4v) is 3.86. The van der Waals surface area contributed by atoms with Gasteiger partial charge in [0.25, 0.3) is 0 Å². The largest absolute Gasteiger partial charge is 0.416 e. The summed E-state index contributed by atoms with van der Waals surface area (Å²) in [5, 5.41) is 9.72. The average Bonchev–Trinajstić information content (AvgIpc) is 3.15. The normalized spacial score (nSPS) is 12.6. The van der Waals surface area contributed by atoms with E-state index in [4.69, 9.17) is 0 Å². The summed E-state index contributed by atoms with van der Waals surface area (Å²) in [6.07, 6.45) is -9.81. The van der Waals surface area contributed by atoms with E-state index in [1.807, 2.05) is 0 Å². The Morgan fingerprint density at radius 2 is 1.56 bits per heavy atom. The van der Waals surface area contributed by atoms with E-state index >= 15 is 0 Å². The second kappa shape index (κ2) is 6.82. The van der Waals surface area contributed by atoms with Gasteiger partial charge in [-0.3, -0.25) is 0 Å². The Bertz CT molecular complexity index is 941. The maximum Gasteiger partial charge on any atom is 0.416 e. The molecular weight excluding hydrogens is 414 g/mol. The fraction of sp³-hybridized carbons (Fsp3) is 0.267. The highest BCUT2D eigenvalue weighted by atomic mass is 32.2. The lowest BCUT2D eigenvalue weighted by atomic mass is 10.0. The number of rotatable bonds is 3. The van der Waals surface area contributed by atoms with E-state index in [1.165, 1.54) is 5.38 Å². The molecule has 27 heavy (non-hydrogen) atoms. The van der Waals surface area contributed by atoms with Crippen molar-refractivity contribution >= 4 is 23.1 Å². The van der Waals surface area contributed by atoms with Gasteiger partial charge in [0, 0.05) is 18.0 Å². The molecular formula is C15H10F6N4S2. The molecule has 0 atom stereocenters. The summed E-state index contributed by atoms with van der Waals surface area (Å²) >= 11 is 2.21. The number of aromatic nitrogens is 4. The first kappa shape index (κ1) is 19.7. The summed E-state index contributed by atoms with van der Waals surface area (Å²) in [7, 11) is 1.73. The Morgan fingerprint density at radius 1 is 0.963 bits per heavy atom. The first-order chi connectivity index (χ1) is 12.4. The SMILES string of the molecule is Cc1nnc(Sc2nc(-c3cc(C(F)(F)F)cc(C(F)(F)F)c3)cs2)n1C. The van der Waals surface area contributed by atoms with Crippen molar-refractivity contribution in [3.05, 3.63) is 40.5 Å². The highest BCUT2D eigenvalue weighted by Crippen LogP contribution is 2.39. The zero-order valence-electron chi connectivity index (χ0n) is 13.7. The van der Waals surface area contributed by atoms with Gasteiger partial charge in [-0.2, -0.15) is 26.3 Å². The Morgan fingerprint density at radius 3 is 2.04 bits per heavy atom. The standard InChI is InChI=1S/C15H10F6N4S2/c1-7-23-24-12(25(7)2)27-13-22-11(6-26-13)8-3-9(14(16,17)18)5-10(4-8)15(19,20)21/h3-6H,1-2H3. The monoisotopic (exact) mass is 424 g/mol. The van der Waals surface area contributed by atoms with Crippen LogP contribution in [-0.4, -0.2) is 19.7 Å². The zero-order valence-corrected chi connectivity index (χ0v) is 15.3. The molecule has 2 aromatic heterocycles. The van der Waals surface area contributed by atoms with Gasteiger partial charge in [0.2, 0.25) is 0 Å². The van der Waals surface area contributed by atoms with E-state index in [0.29, 0.717) is 27.5 Å². The van der Waals surface area contributed by atoms with Gasteiger partial charge < -0.3 is 4.57 Å². The molecule has 1 aromatic carbocycles. The molecule has 0 aliphatic rings. The first-order valence-corrected chi connectivity index (χ1v) is 8.94. The number of aryl methyl sites for hydroxylation is 1. The van der Waals surface area contributed by atoms with Crippen molar-refractivity contribution in [3.63, 3.8) is 0 Å². The van der Waals surface area contributed by atoms with Crippen molar-refractivity contribution in [1.82, 2.24) is 19.7 Å². The van der Waals surface area contributed by atoms with Crippen LogP contribution in [0, 0.1) is 6.92 Å². The Kier molecular flexibility index (Phi) is 4.97. The van der Waals surface area contributed by atoms with Crippen LogP contribution in [0.5, 0.6) is 0 Å². The van der Waals surface area contributed by atoms with Crippen LogP contribution in [0.25, 0.3) is 11.3 Å².